The minimum Gasteiger partial charge on any atom is -0.489 e. The zero-order valence-electron chi connectivity index (χ0n) is 16.5. The van der Waals surface area contributed by atoms with Gasteiger partial charge in [-0.3, -0.25) is 4.79 Å². The molecule has 0 fully saturated rings. The van der Waals surface area contributed by atoms with E-state index in [4.69, 9.17) is 4.74 Å². The van der Waals surface area contributed by atoms with Crippen molar-refractivity contribution in [3.8, 4) is 5.75 Å². The van der Waals surface area contributed by atoms with Crippen LogP contribution in [0.3, 0.4) is 0 Å². The number of hydrogen-bond acceptors (Lipinski definition) is 3. The van der Waals surface area contributed by atoms with Crippen molar-refractivity contribution in [3.05, 3.63) is 29.8 Å². The zero-order valence-corrected chi connectivity index (χ0v) is 18.8. The first-order valence-corrected chi connectivity index (χ1v) is 8.95. The zero-order chi connectivity index (χ0) is 18.7. The van der Waals surface area contributed by atoms with Gasteiger partial charge in [-0.2, -0.15) is 0 Å². The normalized spacial score (nSPS) is 12.2. The number of guanidine groups is 1. The summed E-state index contributed by atoms with van der Waals surface area (Å²) >= 11 is 0. The topological polar surface area (TPSA) is 74.8 Å². The van der Waals surface area contributed by atoms with Crippen molar-refractivity contribution in [1.82, 2.24) is 16.0 Å². The lowest BCUT2D eigenvalue weighted by atomic mass is 10.2. The lowest BCUT2D eigenvalue weighted by molar-refractivity contribution is -0.123. The fourth-order valence-electron chi connectivity index (χ4n) is 2.09. The molecule has 1 rings (SSSR count). The Morgan fingerprint density at radius 2 is 1.85 bits per heavy atom. The first kappa shape index (κ1) is 24.5. The number of aliphatic imine (C=N–C) groups is 1. The Balaban J connectivity index is 0.00000625. The molecule has 0 heterocycles. The minimum atomic E-state index is -0.0297. The Kier molecular flexibility index (Phi) is 12.9. The van der Waals surface area contributed by atoms with Crippen LogP contribution < -0.4 is 20.7 Å². The number of ether oxygens (including phenoxy) is 1. The molecule has 6 nitrogen and oxygen atoms in total. The monoisotopic (exact) mass is 476 g/mol. The second-order valence-electron chi connectivity index (χ2n) is 6.34. The maximum absolute atomic E-state index is 11.5. The van der Waals surface area contributed by atoms with E-state index >= 15 is 0 Å². The molecule has 148 valence electrons. The molecule has 0 bridgehead atoms. The summed E-state index contributed by atoms with van der Waals surface area (Å²) in [5, 5.41) is 9.28. The number of benzene rings is 1. The molecule has 0 spiro atoms. The molecule has 1 amide bonds. The predicted octanol–water partition coefficient (Wildman–Crippen LogP) is 2.71. The van der Waals surface area contributed by atoms with E-state index in [1.165, 1.54) is 5.56 Å². The predicted molar refractivity (Wildman–Crippen MR) is 119 cm³/mol. The molecule has 1 aromatic rings. The molecular formula is C19H33IN4O2. The van der Waals surface area contributed by atoms with Crippen molar-refractivity contribution in [2.24, 2.45) is 10.9 Å². The van der Waals surface area contributed by atoms with E-state index in [2.05, 4.69) is 20.9 Å². The Bertz CT molecular complexity index is 564. The van der Waals surface area contributed by atoms with Gasteiger partial charge < -0.3 is 20.7 Å². The van der Waals surface area contributed by atoms with Gasteiger partial charge in [0.2, 0.25) is 5.91 Å². The van der Waals surface area contributed by atoms with Crippen molar-refractivity contribution >= 4 is 35.8 Å². The van der Waals surface area contributed by atoms with Crippen molar-refractivity contribution in [3.63, 3.8) is 0 Å². The molecule has 0 saturated heterocycles. The molecule has 26 heavy (non-hydrogen) atoms. The maximum Gasteiger partial charge on any atom is 0.222 e. The number of hydrogen-bond donors (Lipinski definition) is 3. The Morgan fingerprint density at radius 3 is 2.46 bits per heavy atom. The van der Waals surface area contributed by atoms with Gasteiger partial charge in [-0.25, -0.2) is 4.99 Å². The van der Waals surface area contributed by atoms with Crippen LogP contribution in [0.25, 0.3) is 0 Å². The van der Waals surface area contributed by atoms with Crippen LogP contribution in [0.1, 0.15) is 33.3 Å². The van der Waals surface area contributed by atoms with Crippen LogP contribution in [0.2, 0.25) is 0 Å². The highest BCUT2D eigenvalue weighted by atomic mass is 127. The molecule has 0 aliphatic carbocycles. The molecule has 0 aliphatic heterocycles. The van der Waals surface area contributed by atoms with E-state index in [1.807, 2.05) is 58.9 Å². The van der Waals surface area contributed by atoms with Gasteiger partial charge >= 0.3 is 0 Å². The van der Waals surface area contributed by atoms with E-state index in [0.29, 0.717) is 19.6 Å². The van der Waals surface area contributed by atoms with E-state index in [9.17, 15) is 4.79 Å². The summed E-state index contributed by atoms with van der Waals surface area (Å²) in [6.07, 6.45) is -0.0297. The van der Waals surface area contributed by atoms with E-state index in [-0.39, 0.29) is 41.9 Å². The van der Waals surface area contributed by atoms with Crippen LogP contribution in [-0.4, -0.2) is 44.1 Å². The third-order valence-corrected chi connectivity index (χ3v) is 3.42. The Labute approximate surface area is 174 Å². The van der Waals surface area contributed by atoms with E-state index in [0.717, 1.165) is 18.3 Å². The number of rotatable bonds is 9. The number of nitrogens with zero attached hydrogens (tertiary/aromatic N) is 1. The molecule has 0 aromatic heterocycles. The smallest absolute Gasteiger partial charge is 0.222 e. The summed E-state index contributed by atoms with van der Waals surface area (Å²) in [4.78, 5) is 16.1. The second kappa shape index (κ2) is 13.7. The maximum atomic E-state index is 11.5. The van der Waals surface area contributed by atoms with Gasteiger partial charge in [0.05, 0.1) is 6.54 Å². The molecular weight excluding hydrogens is 443 g/mol. The Morgan fingerprint density at radius 1 is 1.15 bits per heavy atom. The standard InChI is InChI=1S/C19H32N4O2.HI/c1-6-20-19(22-11-10-21-18(24)14(2)3)23-13-16(5)25-17-9-7-8-15(4)12-17;/h7-9,12,14,16H,6,10-11,13H2,1-5H3,(H,21,24)(H2,20,22,23);1H. The molecule has 3 N–H and O–H groups in total. The van der Waals surface area contributed by atoms with Crippen LogP contribution in [0.4, 0.5) is 0 Å². The summed E-state index contributed by atoms with van der Waals surface area (Å²) in [5.41, 5.74) is 1.17. The molecule has 0 aliphatic rings. The molecule has 0 radical (unpaired) electrons. The van der Waals surface area contributed by atoms with Gasteiger partial charge in [0.25, 0.3) is 0 Å². The summed E-state index contributed by atoms with van der Waals surface area (Å²) in [6.45, 7) is 12.3. The fourth-order valence-corrected chi connectivity index (χ4v) is 2.09. The number of halogens is 1. The SMILES string of the molecule is CCNC(=NCC(C)Oc1cccc(C)c1)NCCNC(=O)C(C)C.I. The van der Waals surface area contributed by atoms with Crippen LogP contribution in [-0.2, 0) is 4.79 Å². The van der Waals surface area contributed by atoms with Crippen LogP contribution >= 0.6 is 24.0 Å². The average Bonchev–Trinajstić information content (AvgIpc) is 2.56. The lowest BCUT2D eigenvalue weighted by Gasteiger charge is -2.16. The highest BCUT2D eigenvalue weighted by Gasteiger charge is 2.06. The van der Waals surface area contributed by atoms with Crippen LogP contribution in [0, 0.1) is 12.8 Å². The molecule has 0 saturated carbocycles. The van der Waals surface area contributed by atoms with Gasteiger partial charge in [-0.05, 0) is 38.5 Å². The number of carbonyl (C=O) groups is 1. The largest absolute Gasteiger partial charge is 0.489 e. The van der Waals surface area contributed by atoms with E-state index < -0.39 is 0 Å². The first-order chi connectivity index (χ1) is 11.9. The molecule has 1 unspecified atom stereocenters. The van der Waals surface area contributed by atoms with Crippen molar-refractivity contribution in [1.29, 1.82) is 0 Å². The highest BCUT2D eigenvalue weighted by molar-refractivity contribution is 14.0. The van der Waals surface area contributed by atoms with Gasteiger partial charge in [0.1, 0.15) is 11.9 Å². The van der Waals surface area contributed by atoms with Crippen LogP contribution in [0.15, 0.2) is 29.3 Å². The second-order valence-corrected chi connectivity index (χ2v) is 6.34. The van der Waals surface area contributed by atoms with Gasteiger partial charge in [-0.15, -0.1) is 24.0 Å². The molecule has 7 heteroatoms. The van der Waals surface area contributed by atoms with Crippen molar-refractivity contribution < 1.29 is 9.53 Å². The van der Waals surface area contributed by atoms with Crippen molar-refractivity contribution in [2.75, 3.05) is 26.2 Å². The number of carbonyl (C=O) groups excluding carboxylic acids is 1. The van der Waals surface area contributed by atoms with Gasteiger partial charge in [0.15, 0.2) is 5.96 Å². The Hall–Kier alpha value is -1.51. The van der Waals surface area contributed by atoms with Gasteiger partial charge in [0, 0.05) is 25.6 Å². The summed E-state index contributed by atoms with van der Waals surface area (Å²) in [5.74, 6) is 1.64. The quantitative estimate of drug-likeness (QED) is 0.222. The number of nitrogens with one attached hydrogen (secondary N) is 3. The first-order valence-electron chi connectivity index (χ1n) is 8.95. The highest BCUT2D eigenvalue weighted by Crippen LogP contribution is 2.14. The average molecular weight is 476 g/mol. The van der Waals surface area contributed by atoms with E-state index in [1.54, 1.807) is 0 Å². The van der Waals surface area contributed by atoms with Gasteiger partial charge in [-0.1, -0.05) is 26.0 Å². The molecule has 1 atom stereocenters. The summed E-state index contributed by atoms with van der Waals surface area (Å²) in [7, 11) is 0. The lowest BCUT2D eigenvalue weighted by Crippen LogP contribution is -2.42. The van der Waals surface area contributed by atoms with Crippen LogP contribution in [0.5, 0.6) is 5.75 Å². The summed E-state index contributed by atoms with van der Waals surface area (Å²) in [6, 6.07) is 7.99. The third-order valence-electron chi connectivity index (χ3n) is 3.42. The fraction of sp³-hybridized carbons (Fsp3) is 0.579. The summed E-state index contributed by atoms with van der Waals surface area (Å²) < 4.78 is 5.89. The van der Waals surface area contributed by atoms with Crippen molar-refractivity contribution in [2.45, 2.75) is 40.7 Å². The number of amides is 1. The number of aryl methyl sites for hydroxylation is 1. The minimum absolute atomic E-state index is 0. The molecule has 1 aromatic carbocycles. The third kappa shape index (κ3) is 10.5.